The maximum atomic E-state index is 6.10. The molecule has 1 aliphatic heterocycles. The van der Waals surface area contributed by atoms with Gasteiger partial charge in [-0.15, -0.1) is 0 Å². The molecule has 4 nitrogen and oxygen atoms in total. The number of ether oxygens (including phenoxy) is 2. The Balaban J connectivity index is 2.20. The number of hydrogen-bond donors (Lipinski definition) is 1. The molecule has 0 radical (unpaired) electrons. The van der Waals surface area contributed by atoms with Crippen LogP contribution in [0.5, 0.6) is 11.5 Å². The lowest BCUT2D eigenvalue weighted by Crippen LogP contribution is -2.43. The summed E-state index contributed by atoms with van der Waals surface area (Å²) in [5.41, 5.74) is 7.28. The molecule has 2 rings (SSSR count). The van der Waals surface area contributed by atoms with E-state index in [0.717, 1.165) is 24.6 Å². The summed E-state index contributed by atoms with van der Waals surface area (Å²) in [6.07, 6.45) is 2.44. The predicted molar refractivity (Wildman–Crippen MR) is 85.9 cm³/mol. The molecule has 3 unspecified atom stereocenters. The summed E-state index contributed by atoms with van der Waals surface area (Å²) >= 11 is 0. The molecule has 1 aromatic rings. The minimum absolute atomic E-state index is 0.257. The maximum absolute atomic E-state index is 6.10. The number of benzene rings is 1. The zero-order valence-corrected chi connectivity index (χ0v) is 13.6. The van der Waals surface area contributed by atoms with E-state index in [1.807, 2.05) is 12.1 Å². The fraction of sp³-hybridized carbons (Fsp3) is 0.647. The first-order valence-corrected chi connectivity index (χ1v) is 7.78. The second-order valence-corrected chi connectivity index (χ2v) is 6.04. The second-order valence-electron chi connectivity index (χ2n) is 6.04. The van der Waals surface area contributed by atoms with Crippen molar-refractivity contribution in [2.75, 3.05) is 27.3 Å². The molecule has 1 fully saturated rings. The number of hydrogen-bond acceptors (Lipinski definition) is 4. The normalized spacial score (nSPS) is 22.6. The number of likely N-dealkylation sites (tertiary alicyclic amines) is 1. The average Bonchev–Trinajstić information content (AvgIpc) is 2.53. The van der Waals surface area contributed by atoms with E-state index in [1.165, 1.54) is 18.4 Å². The highest BCUT2D eigenvalue weighted by atomic mass is 16.5. The molecule has 118 valence electrons. The molecule has 0 bridgehead atoms. The van der Waals surface area contributed by atoms with E-state index in [4.69, 9.17) is 15.2 Å². The van der Waals surface area contributed by atoms with Crippen LogP contribution >= 0.6 is 0 Å². The predicted octanol–water partition coefficient (Wildman–Crippen LogP) is 2.82. The zero-order chi connectivity index (χ0) is 15.4. The Kier molecular flexibility index (Phi) is 5.48. The molecule has 1 aromatic carbocycles. The van der Waals surface area contributed by atoms with Gasteiger partial charge in [0, 0.05) is 24.2 Å². The van der Waals surface area contributed by atoms with Crippen molar-refractivity contribution in [1.29, 1.82) is 0 Å². The molecule has 0 aromatic heterocycles. The van der Waals surface area contributed by atoms with Crippen LogP contribution in [0, 0.1) is 5.92 Å². The molecule has 1 aliphatic rings. The quantitative estimate of drug-likeness (QED) is 0.906. The molecule has 4 heteroatoms. The first-order chi connectivity index (χ1) is 10.1. The summed E-state index contributed by atoms with van der Waals surface area (Å²) in [5, 5.41) is 0. The van der Waals surface area contributed by atoms with E-state index in [1.54, 1.807) is 14.2 Å². The van der Waals surface area contributed by atoms with Crippen molar-refractivity contribution in [2.24, 2.45) is 11.7 Å². The number of piperidine rings is 1. The van der Waals surface area contributed by atoms with E-state index in [-0.39, 0.29) is 6.04 Å². The van der Waals surface area contributed by atoms with Gasteiger partial charge in [-0.25, -0.2) is 0 Å². The first-order valence-electron chi connectivity index (χ1n) is 7.78. The van der Waals surface area contributed by atoms with Gasteiger partial charge in [0.2, 0.25) is 0 Å². The third kappa shape index (κ3) is 3.69. The van der Waals surface area contributed by atoms with E-state index in [2.05, 4.69) is 24.8 Å². The maximum Gasteiger partial charge on any atom is 0.123 e. The molecule has 0 aliphatic carbocycles. The van der Waals surface area contributed by atoms with Crippen molar-refractivity contribution in [3.8, 4) is 11.5 Å². The van der Waals surface area contributed by atoms with Crippen molar-refractivity contribution in [1.82, 2.24) is 4.90 Å². The third-order valence-electron chi connectivity index (χ3n) is 4.67. The van der Waals surface area contributed by atoms with Crippen LogP contribution in [0.2, 0.25) is 0 Å². The standard InChI is InChI=1S/C17H28N2O2/c1-12(18)14-6-5-9-19(11-14)13(2)16-10-15(20-3)7-8-17(16)21-4/h7-8,10,12-14H,5-6,9,11,18H2,1-4H3. The summed E-state index contributed by atoms with van der Waals surface area (Å²) in [7, 11) is 3.42. The number of rotatable bonds is 5. The highest BCUT2D eigenvalue weighted by Crippen LogP contribution is 2.34. The van der Waals surface area contributed by atoms with Crippen molar-refractivity contribution in [2.45, 2.75) is 38.8 Å². The van der Waals surface area contributed by atoms with E-state index < -0.39 is 0 Å². The molecular weight excluding hydrogens is 264 g/mol. The second kappa shape index (κ2) is 7.14. The average molecular weight is 292 g/mol. The Morgan fingerprint density at radius 3 is 2.62 bits per heavy atom. The van der Waals surface area contributed by atoms with Gasteiger partial charge in [0.25, 0.3) is 0 Å². The minimum atomic E-state index is 0.257. The summed E-state index contributed by atoms with van der Waals surface area (Å²) in [5.74, 6) is 2.38. The smallest absolute Gasteiger partial charge is 0.123 e. The van der Waals surface area contributed by atoms with Crippen LogP contribution in [0.1, 0.15) is 38.3 Å². The van der Waals surface area contributed by atoms with Gasteiger partial charge in [-0.05, 0) is 57.4 Å². The Labute approximate surface area is 128 Å². The lowest BCUT2D eigenvalue weighted by molar-refractivity contribution is 0.120. The molecule has 3 atom stereocenters. The molecule has 1 heterocycles. The first kappa shape index (κ1) is 16.1. The Morgan fingerprint density at radius 1 is 1.24 bits per heavy atom. The Morgan fingerprint density at radius 2 is 2.00 bits per heavy atom. The van der Waals surface area contributed by atoms with Crippen molar-refractivity contribution < 1.29 is 9.47 Å². The van der Waals surface area contributed by atoms with E-state index in [9.17, 15) is 0 Å². The van der Waals surface area contributed by atoms with Gasteiger partial charge in [0.1, 0.15) is 11.5 Å². The van der Waals surface area contributed by atoms with Crippen LogP contribution < -0.4 is 15.2 Å². The highest BCUT2D eigenvalue weighted by Gasteiger charge is 2.27. The highest BCUT2D eigenvalue weighted by molar-refractivity contribution is 5.42. The van der Waals surface area contributed by atoms with Crippen LogP contribution in [0.4, 0.5) is 0 Å². The van der Waals surface area contributed by atoms with Gasteiger partial charge in [0.05, 0.1) is 14.2 Å². The van der Waals surface area contributed by atoms with Crippen LogP contribution in [0.3, 0.4) is 0 Å². The molecular formula is C17H28N2O2. The summed E-state index contributed by atoms with van der Waals surface area (Å²) in [6.45, 7) is 6.52. The van der Waals surface area contributed by atoms with Crippen molar-refractivity contribution in [3.63, 3.8) is 0 Å². The molecule has 1 saturated heterocycles. The topological polar surface area (TPSA) is 47.7 Å². The van der Waals surface area contributed by atoms with Gasteiger partial charge in [-0.1, -0.05) is 0 Å². The Hall–Kier alpha value is -1.26. The largest absolute Gasteiger partial charge is 0.497 e. The molecule has 2 N–H and O–H groups in total. The van der Waals surface area contributed by atoms with Crippen LogP contribution in [-0.2, 0) is 0 Å². The fourth-order valence-electron chi connectivity index (χ4n) is 3.18. The fourth-order valence-corrected chi connectivity index (χ4v) is 3.18. The zero-order valence-electron chi connectivity index (χ0n) is 13.6. The van der Waals surface area contributed by atoms with Gasteiger partial charge < -0.3 is 15.2 Å². The molecule has 0 saturated carbocycles. The van der Waals surface area contributed by atoms with Gasteiger partial charge in [-0.2, -0.15) is 0 Å². The van der Waals surface area contributed by atoms with Crippen LogP contribution in [0.15, 0.2) is 18.2 Å². The molecule has 0 amide bonds. The minimum Gasteiger partial charge on any atom is -0.497 e. The molecule has 0 spiro atoms. The van der Waals surface area contributed by atoms with E-state index in [0.29, 0.717) is 12.0 Å². The molecule has 21 heavy (non-hydrogen) atoms. The van der Waals surface area contributed by atoms with E-state index >= 15 is 0 Å². The summed E-state index contributed by atoms with van der Waals surface area (Å²) < 4.78 is 10.9. The Bertz CT molecular complexity index is 462. The van der Waals surface area contributed by atoms with Crippen LogP contribution in [0.25, 0.3) is 0 Å². The van der Waals surface area contributed by atoms with Crippen molar-refractivity contribution >= 4 is 0 Å². The number of methoxy groups -OCH3 is 2. The SMILES string of the molecule is COc1ccc(OC)c(C(C)N2CCCC(C(C)N)C2)c1. The monoisotopic (exact) mass is 292 g/mol. The van der Waals surface area contributed by atoms with Crippen LogP contribution in [-0.4, -0.2) is 38.3 Å². The summed E-state index contributed by atoms with van der Waals surface area (Å²) in [4.78, 5) is 2.51. The lowest BCUT2D eigenvalue weighted by atomic mass is 9.90. The van der Waals surface area contributed by atoms with Gasteiger partial charge in [-0.3, -0.25) is 4.90 Å². The third-order valence-corrected chi connectivity index (χ3v) is 4.67. The van der Waals surface area contributed by atoms with Crippen molar-refractivity contribution in [3.05, 3.63) is 23.8 Å². The van der Waals surface area contributed by atoms with Gasteiger partial charge in [0.15, 0.2) is 0 Å². The van der Waals surface area contributed by atoms with Gasteiger partial charge >= 0.3 is 0 Å². The number of nitrogens with zero attached hydrogens (tertiary/aromatic N) is 1. The lowest BCUT2D eigenvalue weighted by Gasteiger charge is -2.38. The number of nitrogens with two attached hydrogens (primary N) is 1. The summed E-state index contributed by atoms with van der Waals surface area (Å²) in [6, 6.07) is 6.57.